The summed E-state index contributed by atoms with van der Waals surface area (Å²) in [7, 11) is 0. The summed E-state index contributed by atoms with van der Waals surface area (Å²) >= 11 is 1.65. The van der Waals surface area contributed by atoms with Crippen LogP contribution in [0.1, 0.15) is 49.8 Å². The van der Waals surface area contributed by atoms with Crippen LogP contribution in [0.2, 0.25) is 0 Å². The number of carbonyl (C=O) groups excluding carboxylic acids is 1. The second kappa shape index (κ2) is 9.19. The fraction of sp³-hybridized carbons (Fsp3) is 0.522. The molecule has 28 heavy (non-hydrogen) atoms. The van der Waals surface area contributed by atoms with Gasteiger partial charge < -0.3 is 10.2 Å². The van der Waals surface area contributed by atoms with E-state index in [1.807, 2.05) is 18.2 Å². The van der Waals surface area contributed by atoms with E-state index in [2.05, 4.69) is 16.3 Å². The smallest absolute Gasteiger partial charge is 0.225 e. The molecular weight excluding hydrogens is 371 g/mol. The molecule has 0 radical (unpaired) electrons. The van der Waals surface area contributed by atoms with Gasteiger partial charge in [-0.3, -0.25) is 4.79 Å². The average molecular weight is 401 g/mol. The molecule has 4 rings (SSSR count). The lowest BCUT2D eigenvalue weighted by atomic mass is 9.87. The van der Waals surface area contributed by atoms with E-state index in [1.54, 1.807) is 17.4 Å². The first-order chi connectivity index (χ1) is 13.7. The monoisotopic (exact) mass is 400 g/mol. The van der Waals surface area contributed by atoms with Crippen LogP contribution in [0, 0.1) is 11.7 Å². The molecule has 1 aromatic heterocycles. The Bertz CT molecular complexity index is 791. The molecule has 1 N–H and O–H groups in total. The molecule has 0 unspecified atom stereocenters. The van der Waals surface area contributed by atoms with Crippen LogP contribution in [-0.2, 0) is 11.3 Å². The lowest BCUT2D eigenvalue weighted by Gasteiger charge is -2.35. The normalized spacial score (nSPS) is 19.1. The van der Waals surface area contributed by atoms with Gasteiger partial charge in [0.2, 0.25) is 5.91 Å². The van der Waals surface area contributed by atoms with Gasteiger partial charge >= 0.3 is 0 Å². The number of benzene rings is 1. The SMILES string of the molecule is O=C(C1CCCCC1)N1CCC(NCc2ccc(-c3ccccc3F)s2)CC1. The van der Waals surface area contributed by atoms with Gasteiger partial charge in [-0.2, -0.15) is 0 Å². The Balaban J connectivity index is 1.25. The molecule has 1 aromatic carbocycles. The van der Waals surface area contributed by atoms with Gasteiger partial charge in [0.15, 0.2) is 0 Å². The van der Waals surface area contributed by atoms with Gasteiger partial charge in [0.25, 0.3) is 0 Å². The van der Waals surface area contributed by atoms with E-state index < -0.39 is 0 Å². The molecule has 1 saturated heterocycles. The Hall–Kier alpha value is -1.72. The predicted octanol–water partition coefficient (Wildman–Crippen LogP) is 5.22. The highest BCUT2D eigenvalue weighted by atomic mass is 32.1. The molecular formula is C23H29FN2OS. The van der Waals surface area contributed by atoms with Gasteiger partial charge in [0, 0.05) is 46.9 Å². The van der Waals surface area contributed by atoms with E-state index in [0.29, 0.717) is 17.5 Å². The lowest BCUT2D eigenvalue weighted by molar-refractivity contribution is -0.137. The zero-order chi connectivity index (χ0) is 19.3. The minimum absolute atomic E-state index is 0.168. The average Bonchev–Trinajstić information content (AvgIpc) is 3.22. The van der Waals surface area contributed by atoms with Crippen LogP contribution >= 0.6 is 11.3 Å². The van der Waals surface area contributed by atoms with Crippen LogP contribution < -0.4 is 5.32 Å². The molecule has 2 aromatic rings. The van der Waals surface area contributed by atoms with E-state index in [9.17, 15) is 9.18 Å². The van der Waals surface area contributed by atoms with Crippen LogP contribution in [0.25, 0.3) is 10.4 Å². The molecule has 1 saturated carbocycles. The van der Waals surface area contributed by atoms with Crippen molar-refractivity contribution >= 4 is 17.2 Å². The number of piperidine rings is 1. The number of thiophene rings is 1. The maximum atomic E-state index is 14.0. The number of nitrogens with one attached hydrogen (secondary N) is 1. The van der Waals surface area contributed by atoms with Crippen molar-refractivity contribution in [3.8, 4) is 10.4 Å². The van der Waals surface area contributed by atoms with Gasteiger partial charge in [0.1, 0.15) is 5.82 Å². The molecule has 0 bridgehead atoms. The maximum Gasteiger partial charge on any atom is 0.225 e. The van der Waals surface area contributed by atoms with Crippen LogP contribution in [0.15, 0.2) is 36.4 Å². The van der Waals surface area contributed by atoms with Crippen molar-refractivity contribution in [1.82, 2.24) is 10.2 Å². The first-order valence-corrected chi connectivity index (χ1v) is 11.4. The van der Waals surface area contributed by atoms with E-state index in [4.69, 9.17) is 0 Å². The largest absolute Gasteiger partial charge is 0.342 e. The summed E-state index contributed by atoms with van der Waals surface area (Å²) in [6.07, 6.45) is 7.92. The van der Waals surface area contributed by atoms with Gasteiger partial charge in [-0.25, -0.2) is 4.39 Å². The molecule has 3 nitrogen and oxygen atoms in total. The summed E-state index contributed by atoms with van der Waals surface area (Å²) in [5.41, 5.74) is 0.674. The first kappa shape index (κ1) is 19.6. The summed E-state index contributed by atoms with van der Waals surface area (Å²) in [5.74, 6) is 0.506. The second-order valence-electron chi connectivity index (χ2n) is 8.06. The first-order valence-electron chi connectivity index (χ1n) is 10.6. The second-order valence-corrected chi connectivity index (χ2v) is 9.23. The minimum Gasteiger partial charge on any atom is -0.342 e. The molecule has 150 valence electrons. The number of carbonyl (C=O) groups is 1. The Morgan fingerprint density at radius 2 is 1.79 bits per heavy atom. The molecule has 0 atom stereocenters. The van der Waals surface area contributed by atoms with Crippen molar-refractivity contribution in [3.63, 3.8) is 0 Å². The van der Waals surface area contributed by atoms with Crippen molar-refractivity contribution in [2.75, 3.05) is 13.1 Å². The molecule has 1 amide bonds. The van der Waals surface area contributed by atoms with Gasteiger partial charge in [-0.05, 0) is 43.9 Å². The summed E-state index contributed by atoms with van der Waals surface area (Å²) < 4.78 is 14.0. The van der Waals surface area contributed by atoms with E-state index in [0.717, 1.165) is 50.2 Å². The molecule has 0 spiro atoms. The number of halogens is 1. The topological polar surface area (TPSA) is 32.3 Å². The molecule has 1 aliphatic heterocycles. The summed E-state index contributed by atoms with van der Waals surface area (Å²) in [6.45, 7) is 2.55. The zero-order valence-electron chi connectivity index (χ0n) is 16.3. The number of hydrogen-bond donors (Lipinski definition) is 1. The maximum absolute atomic E-state index is 14.0. The van der Waals surface area contributed by atoms with E-state index in [1.165, 1.54) is 30.2 Å². The molecule has 2 heterocycles. The highest BCUT2D eigenvalue weighted by molar-refractivity contribution is 7.15. The molecule has 5 heteroatoms. The van der Waals surface area contributed by atoms with Crippen molar-refractivity contribution in [3.05, 3.63) is 47.1 Å². The quantitative estimate of drug-likeness (QED) is 0.747. The van der Waals surface area contributed by atoms with Crippen molar-refractivity contribution in [2.45, 2.75) is 57.5 Å². The third-order valence-corrected chi connectivity index (χ3v) is 7.25. The van der Waals surface area contributed by atoms with Crippen LogP contribution in [-0.4, -0.2) is 29.9 Å². The third-order valence-electron chi connectivity index (χ3n) is 6.13. The van der Waals surface area contributed by atoms with Crippen molar-refractivity contribution < 1.29 is 9.18 Å². The number of hydrogen-bond acceptors (Lipinski definition) is 3. The third kappa shape index (κ3) is 4.64. The minimum atomic E-state index is -0.168. The number of likely N-dealkylation sites (tertiary alicyclic amines) is 1. The number of amides is 1. The Morgan fingerprint density at radius 3 is 2.54 bits per heavy atom. The lowest BCUT2D eigenvalue weighted by Crippen LogP contribution is -2.46. The number of nitrogens with zero attached hydrogens (tertiary/aromatic N) is 1. The predicted molar refractivity (Wildman–Crippen MR) is 113 cm³/mol. The van der Waals surface area contributed by atoms with Gasteiger partial charge in [-0.15, -0.1) is 11.3 Å². The van der Waals surface area contributed by atoms with Gasteiger partial charge in [-0.1, -0.05) is 37.5 Å². The van der Waals surface area contributed by atoms with Crippen LogP contribution in [0.4, 0.5) is 4.39 Å². The number of rotatable bonds is 5. The summed E-state index contributed by atoms with van der Waals surface area (Å²) in [6, 6.07) is 11.5. The van der Waals surface area contributed by atoms with Crippen LogP contribution in [0.5, 0.6) is 0 Å². The zero-order valence-corrected chi connectivity index (χ0v) is 17.1. The summed E-state index contributed by atoms with van der Waals surface area (Å²) in [5, 5.41) is 3.64. The Labute approximate surface area is 170 Å². The highest BCUT2D eigenvalue weighted by Crippen LogP contribution is 2.30. The Kier molecular flexibility index (Phi) is 6.43. The summed E-state index contributed by atoms with van der Waals surface area (Å²) in [4.78, 5) is 17.0. The fourth-order valence-electron chi connectivity index (χ4n) is 4.44. The molecule has 1 aliphatic carbocycles. The van der Waals surface area contributed by atoms with Crippen molar-refractivity contribution in [1.29, 1.82) is 0 Å². The molecule has 2 aliphatic rings. The molecule has 2 fully saturated rings. The fourth-order valence-corrected chi connectivity index (χ4v) is 5.42. The van der Waals surface area contributed by atoms with Gasteiger partial charge in [0.05, 0.1) is 0 Å². The highest BCUT2D eigenvalue weighted by Gasteiger charge is 2.28. The van der Waals surface area contributed by atoms with E-state index >= 15 is 0 Å². The van der Waals surface area contributed by atoms with Crippen LogP contribution in [0.3, 0.4) is 0 Å². The van der Waals surface area contributed by atoms with E-state index in [-0.39, 0.29) is 11.7 Å². The standard InChI is InChI=1S/C23H29FN2OS/c24-21-9-5-4-8-20(21)22-11-10-19(28-22)16-25-18-12-14-26(15-13-18)23(27)17-6-2-1-3-7-17/h4-5,8-11,17-18,25H,1-3,6-7,12-16H2. The Morgan fingerprint density at radius 1 is 1.04 bits per heavy atom. The van der Waals surface area contributed by atoms with Crippen molar-refractivity contribution in [2.24, 2.45) is 5.92 Å².